The topological polar surface area (TPSA) is 55.1 Å². The first kappa shape index (κ1) is 14.6. The Labute approximate surface area is 119 Å². The maximum Gasteiger partial charge on any atom is 0.335 e. The van der Waals surface area contributed by atoms with E-state index >= 15 is 0 Å². The van der Waals surface area contributed by atoms with E-state index in [0.29, 0.717) is 5.56 Å². The van der Waals surface area contributed by atoms with Gasteiger partial charge in [0.1, 0.15) is 5.82 Å². The molecule has 4 nitrogen and oxygen atoms in total. The van der Waals surface area contributed by atoms with E-state index in [0.717, 1.165) is 36.2 Å². The summed E-state index contributed by atoms with van der Waals surface area (Å²) in [7, 11) is 0. The van der Waals surface area contributed by atoms with Crippen LogP contribution in [0.5, 0.6) is 0 Å². The summed E-state index contributed by atoms with van der Waals surface area (Å²) in [5.41, 5.74) is 2.23. The van der Waals surface area contributed by atoms with Crippen molar-refractivity contribution in [2.24, 2.45) is 5.41 Å². The Morgan fingerprint density at radius 1 is 1.35 bits per heavy atom. The molecule has 2 aromatic rings. The Bertz CT molecular complexity index is 636. The zero-order chi connectivity index (χ0) is 14.9. The second kappa shape index (κ2) is 5.27. The third-order valence-corrected chi connectivity index (χ3v) is 3.18. The number of imidazole rings is 1. The molecule has 0 aliphatic carbocycles. The molecule has 4 heteroatoms. The van der Waals surface area contributed by atoms with E-state index < -0.39 is 5.97 Å². The highest BCUT2D eigenvalue weighted by molar-refractivity contribution is 5.92. The Morgan fingerprint density at radius 2 is 2.05 bits per heavy atom. The number of fused-ring (bicyclic) bond motifs is 1. The zero-order valence-electron chi connectivity index (χ0n) is 12.6. The summed E-state index contributed by atoms with van der Waals surface area (Å²) in [4.78, 5) is 15.8. The third-order valence-electron chi connectivity index (χ3n) is 3.18. The minimum absolute atomic E-state index is 0.120. The number of hydrogen-bond acceptors (Lipinski definition) is 2. The van der Waals surface area contributed by atoms with Crippen LogP contribution in [-0.4, -0.2) is 20.6 Å². The van der Waals surface area contributed by atoms with Crippen molar-refractivity contribution >= 4 is 17.0 Å². The molecule has 0 aliphatic heterocycles. The molecule has 1 aromatic heterocycles. The van der Waals surface area contributed by atoms with Crippen LogP contribution in [0, 0.1) is 5.41 Å². The first-order chi connectivity index (χ1) is 9.31. The van der Waals surface area contributed by atoms with Crippen LogP contribution in [0.3, 0.4) is 0 Å². The van der Waals surface area contributed by atoms with Crippen molar-refractivity contribution in [1.82, 2.24) is 9.55 Å². The van der Waals surface area contributed by atoms with Crippen molar-refractivity contribution in [3.8, 4) is 0 Å². The lowest BCUT2D eigenvalue weighted by atomic mass is 9.96. The molecular formula is C16H22N2O2. The van der Waals surface area contributed by atoms with Gasteiger partial charge < -0.3 is 9.67 Å². The molecule has 0 bridgehead atoms. The number of rotatable bonds is 4. The maximum absolute atomic E-state index is 11.1. The fourth-order valence-electron chi connectivity index (χ4n) is 2.37. The number of carboxylic acid groups (broad SMARTS) is 1. The van der Waals surface area contributed by atoms with Crippen LogP contribution in [0.2, 0.25) is 0 Å². The molecule has 1 aromatic carbocycles. The van der Waals surface area contributed by atoms with Crippen LogP contribution < -0.4 is 0 Å². The Balaban J connectivity index is 2.61. The number of aryl methyl sites for hydroxylation is 1. The van der Waals surface area contributed by atoms with Crippen LogP contribution >= 0.6 is 0 Å². The van der Waals surface area contributed by atoms with E-state index in [1.54, 1.807) is 18.2 Å². The van der Waals surface area contributed by atoms with Crippen LogP contribution in [-0.2, 0) is 13.0 Å². The number of hydrogen-bond donors (Lipinski definition) is 1. The van der Waals surface area contributed by atoms with E-state index in [4.69, 9.17) is 5.11 Å². The average molecular weight is 274 g/mol. The van der Waals surface area contributed by atoms with Gasteiger partial charge in [-0.25, -0.2) is 9.78 Å². The minimum atomic E-state index is -0.896. The van der Waals surface area contributed by atoms with Crippen molar-refractivity contribution in [3.63, 3.8) is 0 Å². The Kier molecular flexibility index (Phi) is 3.84. The van der Waals surface area contributed by atoms with Gasteiger partial charge in [0.05, 0.1) is 16.6 Å². The lowest BCUT2D eigenvalue weighted by Gasteiger charge is -2.21. The molecule has 2 rings (SSSR count). The predicted octanol–water partition coefficient (Wildman–Crippen LogP) is 3.73. The summed E-state index contributed by atoms with van der Waals surface area (Å²) in [6, 6.07) is 5.15. The molecule has 0 amide bonds. The number of benzene rings is 1. The fourth-order valence-corrected chi connectivity index (χ4v) is 2.37. The molecule has 0 unspecified atom stereocenters. The van der Waals surface area contributed by atoms with Gasteiger partial charge in [-0.05, 0) is 30.0 Å². The zero-order valence-corrected chi connectivity index (χ0v) is 12.6. The van der Waals surface area contributed by atoms with Gasteiger partial charge in [-0.3, -0.25) is 0 Å². The normalized spacial score (nSPS) is 12.0. The molecule has 0 radical (unpaired) electrons. The monoisotopic (exact) mass is 274 g/mol. The molecule has 1 N–H and O–H groups in total. The van der Waals surface area contributed by atoms with Gasteiger partial charge in [0.25, 0.3) is 0 Å². The van der Waals surface area contributed by atoms with E-state index in [9.17, 15) is 4.79 Å². The second-order valence-electron chi connectivity index (χ2n) is 6.43. The van der Waals surface area contributed by atoms with E-state index in [1.807, 2.05) is 0 Å². The second-order valence-corrected chi connectivity index (χ2v) is 6.43. The fraction of sp³-hybridized carbons (Fsp3) is 0.500. The molecule has 0 spiro atoms. The van der Waals surface area contributed by atoms with Crippen molar-refractivity contribution in [2.75, 3.05) is 0 Å². The quantitative estimate of drug-likeness (QED) is 0.924. The summed E-state index contributed by atoms with van der Waals surface area (Å²) < 4.78 is 2.17. The minimum Gasteiger partial charge on any atom is -0.478 e. The van der Waals surface area contributed by atoms with Gasteiger partial charge in [-0.2, -0.15) is 0 Å². The van der Waals surface area contributed by atoms with E-state index in [2.05, 4.69) is 37.2 Å². The van der Waals surface area contributed by atoms with Gasteiger partial charge in [0.2, 0.25) is 0 Å². The Morgan fingerprint density at radius 3 is 2.60 bits per heavy atom. The van der Waals surface area contributed by atoms with Gasteiger partial charge >= 0.3 is 5.97 Å². The molecule has 0 aliphatic rings. The predicted molar refractivity (Wildman–Crippen MR) is 80.1 cm³/mol. The molecule has 108 valence electrons. The first-order valence-corrected chi connectivity index (χ1v) is 7.04. The van der Waals surface area contributed by atoms with Crippen LogP contribution in [0.15, 0.2) is 18.2 Å². The van der Waals surface area contributed by atoms with Crippen molar-refractivity contribution in [2.45, 2.75) is 47.1 Å². The number of aromatic carboxylic acids is 1. The number of aromatic nitrogens is 2. The molecule has 0 saturated carbocycles. The highest BCUT2D eigenvalue weighted by Crippen LogP contribution is 2.24. The number of carboxylic acids is 1. The van der Waals surface area contributed by atoms with Crippen molar-refractivity contribution < 1.29 is 9.90 Å². The molecule has 1 heterocycles. The van der Waals surface area contributed by atoms with Gasteiger partial charge in [-0.1, -0.05) is 27.7 Å². The Hall–Kier alpha value is -1.84. The third kappa shape index (κ3) is 3.00. The van der Waals surface area contributed by atoms with E-state index in [1.165, 1.54) is 0 Å². The van der Waals surface area contributed by atoms with Gasteiger partial charge in [0.15, 0.2) is 0 Å². The standard InChI is InChI=1S/C16H22N2O2/c1-5-6-14-17-12-8-7-11(15(19)20)9-13(12)18(14)10-16(2,3)4/h7-9H,5-6,10H2,1-4H3,(H,19,20). The molecule has 20 heavy (non-hydrogen) atoms. The largest absolute Gasteiger partial charge is 0.478 e. The van der Waals surface area contributed by atoms with Crippen molar-refractivity contribution in [1.29, 1.82) is 0 Å². The summed E-state index contributed by atoms with van der Waals surface area (Å²) in [6.45, 7) is 9.49. The first-order valence-electron chi connectivity index (χ1n) is 7.04. The summed E-state index contributed by atoms with van der Waals surface area (Å²) in [5.74, 6) is 0.146. The molecule has 0 fully saturated rings. The molecular weight excluding hydrogens is 252 g/mol. The van der Waals surface area contributed by atoms with Crippen LogP contribution in [0.1, 0.15) is 50.3 Å². The summed E-state index contributed by atoms with van der Waals surface area (Å²) in [5, 5.41) is 9.15. The van der Waals surface area contributed by atoms with Gasteiger partial charge in [-0.15, -0.1) is 0 Å². The number of nitrogens with zero attached hydrogens (tertiary/aromatic N) is 2. The summed E-state index contributed by atoms with van der Waals surface area (Å²) >= 11 is 0. The SMILES string of the molecule is CCCc1nc2ccc(C(=O)O)cc2n1CC(C)(C)C. The summed E-state index contributed by atoms with van der Waals surface area (Å²) in [6.07, 6.45) is 1.94. The smallest absolute Gasteiger partial charge is 0.335 e. The lowest BCUT2D eigenvalue weighted by molar-refractivity contribution is 0.0697. The molecule has 0 atom stereocenters. The lowest BCUT2D eigenvalue weighted by Crippen LogP contribution is -2.17. The number of carbonyl (C=O) groups is 1. The maximum atomic E-state index is 11.1. The highest BCUT2D eigenvalue weighted by atomic mass is 16.4. The van der Waals surface area contributed by atoms with E-state index in [-0.39, 0.29) is 5.41 Å². The van der Waals surface area contributed by atoms with Gasteiger partial charge in [0, 0.05) is 13.0 Å². The van der Waals surface area contributed by atoms with Crippen molar-refractivity contribution in [3.05, 3.63) is 29.6 Å². The molecule has 0 saturated heterocycles. The average Bonchev–Trinajstić information content (AvgIpc) is 2.65. The van der Waals surface area contributed by atoms with Crippen LogP contribution in [0.25, 0.3) is 11.0 Å². The van der Waals surface area contributed by atoms with Crippen LogP contribution in [0.4, 0.5) is 0 Å². The highest BCUT2D eigenvalue weighted by Gasteiger charge is 2.18.